The molecule has 0 aliphatic carbocycles. The van der Waals surface area contributed by atoms with Gasteiger partial charge in [0.2, 0.25) is 5.91 Å². The van der Waals surface area contributed by atoms with Crippen molar-refractivity contribution in [2.24, 2.45) is 5.73 Å². The molecule has 1 aromatic rings. The standard InChI is InChI=1S/C10H17N3O2/c1-12-10(14)7-13(2)8(6-11)9-4-3-5-15-9/h3-5,8H,6-7,11H2,1-2H3,(H,12,14). The Kier molecular flexibility index (Phi) is 4.33. The molecule has 0 aromatic carbocycles. The molecule has 1 aromatic heterocycles. The fraction of sp³-hybridized carbons (Fsp3) is 0.500. The maximum Gasteiger partial charge on any atom is 0.233 e. The molecule has 0 aliphatic heterocycles. The number of hydrogen-bond donors (Lipinski definition) is 2. The van der Waals surface area contributed by atoms with Crippen LogP contribution in [0, 0.1) is 0 Å². The SMILES string of the molecule is CNC(=O)CN(C)C(CN)c1ccco1. The van der Waals surface area contributed by atoms with Crippen LogP contribution >= 0.6 is 0 Å². The number of carbonyl (C=O) groups is 1. The lowest BCUT2D eigenvalue weighted by Crippen LogP contribution is -2.38. The van der Waals surface area contributed by atoms with Gasteiger partial charge in [-0.2, -0.15) is 0 Å². The number of amides is 1. The van der Waals surface area contributed by atoms with E-state index in [0.717, 1.165) is 5.76 Å². The minimum atomic E-state index is -0.0581. The van der Waals surface area contributed by atoms with E-state index in [2.05, 4.69) is 5.32 Å². The van der Waals surface area contributed by atoms with Gasteiger partial charge in [-0.15, -0.1) is 0 Å². The molecule has 3 N–H and O–H groups in total. The Morgan fingerprint density at radius 2 is 2.47 bits per heavy atom. The zero-order chi connectivity index (χ0) is 11.3. The molecular weight excluding hydrogens is 194 g/mol. The number of furan rings is 1. The second-order valence-corrected chi connectivity index (χ2v) is 3.36. The summed E-state index contributed by atoms with van der Waals surface area (Å²) in [7, 11) is 3.45. The van der Waals surface area contributed by atoms with Crippen molar-refractivity contribution in [1.29, 1.82) is 0 Å². The minimum Gasteiger partial charge on any atom is -0.468 e. The van der Waals surface area contributed by atoms with Gasteiger partial charge in [-0.1, -0.05) is 0 Å². The molecule has 0 spiro atoms. The van der Waals surface area contributed by atoms with E-state index in [1.54, 1.807) is 13.3 Å². The Morgan fingerprint density at radius 3 is 2.93 bits per heavy atom. The summed E-state index contributed by atoms with van der Waals surface area (Å²) in [5.41, 5.74) is 5.65. The molecule has 0 saturated heterocycles. The van der Waals surface area contributed by atoms with Gasteiger partial charge in [-0.05, 0) is 19.2 Å². The van der Waals surface area contributed by atoms with E-state index in [9.17, 15) is 4.79 Å². The predicted octanol–water partition coefficient (Wildman–Crippen LogP) is -0.0428. The summed E-state index contributed by atoms with van der Waals surface area (Å²) in [5, 5.41) is 2.57. The molecule has 0 saturated carbocycles. The summed E-state index contributed by atoms with van der Waals surface area (Å²) >= 11 is 0. The van der Waals surface area contributed by atoms with Crippen LogP contribution in [0.5, 0.6) is 0 Å². The van der Waals surface area contributed by atoms with Gasteiger partial charge in [0.15, 0.2) is 0 Å². The Bertz CT molecular complexity index is 298. The maximum atomic E-state index is 11.2. The fourth-order valence-corrected chi connectivity index (χ4v) is 1.41. The lowest BCUT2D eigenvalue weighted by atomic mass is 10.2. The van der Waals surface area contributed by atoms with Crippen LogP contribution in [0.1, 0.15) is 11.8 Å². The molecule has 15 heavy (non-hydrogen) atoms. The molecule has 1 unspecified atom stereocenters. The molecule has 5 nitrogen and oxygen atoms in total. The number of nitrogens with zero attached hydrogens (tertiary/aromatic N) is 1. The summed E-state index contributed by atoms with van der Waals surface area (Å²) < 4.78 is 5.27. The highest BCUT2D eigenvalue weighted by molar-refractivity contribution is 5.77. The van der Waals surface area contributed by atoms with Gasteiger partial charge in [-0.3, -0.25) is 9.69 Å². The van der Waals surface area contributed by atoms with Crippen molar-refractivity contribution in [2.75, 3.05) is 27.2 Å². The molecule has 0 aliphatic rings. The summed E-state index contributed by atoms with van der Waals surface area (Å²) in [4.78, 5) is 13.0. The molecular formula is C10H17N3O2. The van der Waals surface area contributed by atoms with Crippen LogP contribution in [-0.4, -0.2) is 38.0 Å². The van der Waals surface area contributed by atoms with Crippen molar-refractivity contribution in [1.82, 2.24) is 10.2 Å². The molecule has 1 rings (SSSR count). The van der Waals surface area contributed by atoms with Crippen molar-refractivity contribution in [3.63, 3.8) is 0 Å². The number of likely N-dealkylation sites (N-methyl/N-ethyl adjacent to an activating group) is 2. The Balaban J connectivity index is 2.63. The largest absolute Gasteiger partial charge is 0.468 e. The zero-order valence-electron chi connectivity index (χ0n) is 9.06. The lowest BCUT2D eigenvalue weighted by molar-refractivity contribution is -0.122. The van der Waals surface area contributed by atoms with E-state index in [1.165, 1.54) is 0 Å². The van der Waals surface area contributed by atoms with Gasteiger partial charge in [0.25, 0.3) is 0 Å². The average molecular weight is 211 g/mol. The van der Waals surface area contributed by atoms with Crippen molar-refractivity contribution in [3.8, 4) is 0 Å². The van der Waals surface area contributed by atoms with Gasteiger partial charge in [-0.25, -0.2) is 0 Å². The third-order valence-corrected chi connectivity index (χ3v) is 2.30. The van der Waals surface area contributed by atoms with Crippen LogP contribution in [-0.2, 0) is 4.79 Å². The van der Waals surface area contributed by atoms with E-state index in [0.29, 0.717) is 13.1 Å². The number of rotatable bonds is 5. The maximum absolute atomic E-state index is 11.2. The smallest absolute Gasteiger partial charge is 0.233 e. The van der Waals surface area contributed by atoms with Crippen LogP contribution in [0.3, 0.4) is 0 Å². The third kappa shape index (κ3) is 3.07. The minimum absolute atomic E-state index is 0.0393. The van der Waals surface area contributed by atoms with Crippen LogP contribution < -0.4 is 11.1 Å². The molecule has 1 heterocycles. The van der Waals surface area contributed by atoms with Gasteiger partial charge in [0.05, 0.1) is 18.8 Å². The molecule has 1 amide bonds. The van der Waals surface area contributed by atoms with Gasteiger partial charge >= 0.3 is 0 Å². The third-order valence-electron chi connectivity index (χ3n) is 2.30. The molecule has 0 fully saturated rings. The van der Waals surface area contributed by atoms with Gasteiger partial charge in [0.1, 0.15) is 5.76 Å². The van der Waals surface area contributed by atoms with E-state index >= 15 is 0 Å². The van der Waals surface area contributed by atoms with Crippen LogP contribution in [0.4, 0.5) is 0 Å². The first-order valence-corrected chi connectivity index (χ1v) is 4.83. The quantitative estimate of drug-likeness (QED) is 0.716. The van der Waals surface area contributed by atoms with Crippen LogP contribution in [0.25, 0.3) is 0 Å². The lowest BCUT2D eigenvalue weighted by Gasteiger charge is -2.24. The summed E-state index contributed by atoms with van der Waals surface area (Å²) in [5.74, 6) is 0.742. The van der Waals surface area contributed by atoms with Crippen molar-refractivity contribution in [2.45, 2.75) is 6.04 Å². The second-order valence-electron chi connectivity index (χ2n) is 3.36. The number of hydrogen-bond acceptors (Lipinski definition) is 4. The number of nitrogens with two attached hydrogens (primary N) is 1. The molecule has 0 bridgehead atoms. The van der Waals surface area contributed by atoms with E-state index in [-0.39, 0.29) is 11.9 Å². The highest BCUT2D eigenvalue weighted by Gasteiger charge is 2.19. The first-order chi connectivity index (χ1) is 7.19. The summed E-state index contributed by atoms with van der Waals surface area (Å²) in [6, 6.07) is 3.61. The highest BCUT2D eigenvalue weighted by Crippen LogP contribution is 2.17. The topological polar surface area (TPSA) is 71.5 Å². The van der Waals surface area contributed by atoms with Gasteiger partial charge in [0, 0.05) is 13.6 Å². The highest BCUT2D eigenvalue weighted by atomic mass is 16.3. The van der Waals surface area contributed by atoms with E-state index < -0.39 is 0 Å². The molecule has 5 heteroatoms. The summed E-state index contributed by atoms with van der Waals surface area (Å²) in [6.07, 6.45) is 1.60. The van der Waals surface area contributed by atoms with Crippen molar-refractivity contribution >= 4 is 5.91 Å². The number of carbonyl (C=O) groups excluding carboxylic acids is 1. The molecule has 84 valence electrons. The Labute approximate surface area is 89.2 Å². The molecule has 0 radical (unpaired) electrons. The monoisotopic (exact) mass is 211 g/mol. The van der Waals surface area contributed by atoms with Crippen molar-refractivity contribution in [3.05, 3.63) is 24.2 Å². The first-order valence-electron chi connectivity index (χ1n) is 4.83. The molecule has 1 atom stereocenters. The van der Waals surface area contributed by atoms with Crippen LogP contribution in [0.15, 0.2) is 22.8 Å². The van der Waals surface area contributed by atoms with Gasteiger partial charge < -0.3 is 15.5 Å². The van der Waals surface area contributed by atoms with E-state index in [4.69, 9.17) is 10.2 Å². The van der Waals surface area contributed by atoms with E-state index in [1.807, 2.05) is 24.1 Å². The second kappa shape index (κ2) is 5.53. The predicted molar refractivity (Wildman–Crippen MR) is 57.2 cm³/mol. The normalized spacial score (nSPS) is 12.8. The van der Waals surface area contributed by atoms with Crippen molar-refractivity contribution < 1.29 is 9.21 Å². The number of nitrogens with one attached hydrogen (secondary N) is 1. The van der Waals surface area contributed by atoms with Crippen LogP contribution in [0.2, 0.25) is 0 Å². The Morgan fingerprint density at radius 1 is 1.73 bits per heavy atom. The average Bonchev–Trinajstić information content (AvgIpc) is 2.72. The Hall–Kier alpha value is -1.33. The zero-order valence-corrected chi connectivity index (χ0v) is 9.06. The fourth-order valence-electron chi connectivity index (χ4n) is 1.41. The summed E-state index contributed by atoms with van der Waals surface area (Å²) in [6.45, 7) is 0.722. The first kappa shape index (κ1) is 11.7.